The first-order valence-electron chi connectivity index (χ1n) is 12.3. The molecule has 0 radical (unpaired) electrons. The van der Waals surface area contributed by atoms with Crippen LogP contribution in [0.2, 0.25) is 0 Å². The molecule has 6 rings (SSSR count). The number of likely N-dealkylation sites (tertiary alicyclic amines) is 1. The highest BCUT2D eigenvalue weighted by Crippen LogP contribution is 2.63. The fourth-order valence-corrected chi connectivity index (χ4v) is 6.91. The summed E-state index contributed by atoms with van der Waals surface area (Å²) in [6.45, 7) is 0.404. The largest absolute Gasteiger partial charge is 0.513 e. The van der Waals surface area contributed by atoms with Crippen molar-refractivity contribution in [2.45, 2.75) is 67.5 Å². The van der Waals surface area contributed by atoms with E-state index in [1.165, 1.54) is 5.56 Å². The van der Waals surface area contributed by atoms with Crippen LogP contribution in [0.4, 0.5) is 4.79 Å². The van der Waals surface area contributed by atoms with E-state index in [0.717, 1.165) is 24.9 Å². The van der Waals surface area contributed by atoms with Crippen LogP contribution in [-0.4, -0.2) is 102 Å². The van der Waals surface area contributed by atoms with Crippen LogP contribution >= 0.6 is 0 Å². The summed E-state index contributed by atoms with van der Waals surface area (Å²) in [6.07, 6.45) is -4.98. The predicted molar refractivity (Wildman–Crippen MR) is 121 cm³/mol. The molecule has 36 heavy (non-hydrogen) atoms. The molecule has 196 valence electrons. The number of benzene rings is 1. The lowest BCUT2D eigenvalue weighted by molar-refractivity contribution is -0.286. The Hall–Kier alpha value is -2.41. The fraction of sp³-hybridized carbons (Fsp3) is 0.640. The molecule has 4 N–H and O–H groups in total. The molecule has 5 aliphatic rings. The number of rotatable bonds is 4. The van der Waals surface area contributed by atoms with Crippen molar-refractivity contribution in [3.63, 3.8) is 0 Å². The molecular weight excluding hydrogens is 474 g/mol. The molecule has 11 heteroatoms. The lowest BCUT2D eigenvalue weighted by Crippen LogP contribution is -2.63. The number of hydrogen-bond donors (Lipinski definition) is 4. The zero-order chi connectivity index (χ0) is 25.4. The Morgan fingerprint density at radius 3 is 2.78 bits per heavy atom. The lowest BCUT2D eigenvalue weighted by Gasteiger charge is -2.56. The smallest absolute Gasteiger partial charge is 0.493 e. The molecule has 0 amide bonds. The minimum atomic E-state index is -1.72. The van der Waals surface area contributed by atoms with Gasteiger partial charge in [0.15, 0.2) is 23.9 Å². The van der Waals surface area contributed by atoms with Gasteiger partial charge in [0.25, 0.3) is 0 Å². The molecular formula is C25H31NO10. The number of ether oxygens (including phenoxy) is 5. The van der Waals surface area contributed by atoms with E-state index < -0.39 is 49.6 Å². The summed E-state index contributed by atoms with van der Waals surface area (Å²) >= 11 is 0. The normalized spacial score (nSPS) is 40.6. The maximum atomic E-state index is 12.7. The molecule has 2 bridgehead atoms. The summed E-state index contributed by atoms with van der Waals surface area (Å²) in [5.41, 5.74) is 2.04. The predicted octanol–water partition coefficient (Wildman–Crippen LogP) is -0.189. The minimum absolute atomic E-state index is 0.297. The van der Waals surface area contributed by atoms with Crippen LogP contribution in [0.25, 0.3) is 0 Å². The van der Waals surface area contributed by atoms with Gasteiger partial charge in [0.1, 0.15) is 36.8 Å². The first-order valence-corrected chi connectivity index (χ1v) is 12.3. The van der Waals surface area contributed by atoms with Gasteiger partial charge in [-0.1, -0.05) is 6.07 Å². The molecule has 2 saturated heterocycles. The van der Waals surface area contributed by atoms with Crippen LogP contribution in [-0.2, 0) is 26.0 Å². The monoisotopic (exact) mass is 505 g/mol. The molecule has 1 spiro atoms. The van der Waals surface area contributed by atoms with Crippen LogP contribution < -0.4 is 9.47 Å². The molecule has 1 aromatic carbocycles. The summed E-state index contributed by atoms with van der Waals surface area (Å²) in [5, 5.41) is 39.2. The van der Waals surface area contributed by atoms with Gasteiger partial charge in [-0.25, -0.2) is 4.79 Å². The second-order valence-corrected chi connectivity index (χ2v) is 10.3. The highest BCUT2D eigenvalue weighted by Gasteiger charge is 2.65. The number of piperidine rings is 1. The molecule has 2 aliphatic carbocycles. The summed E-state index contributed by atoms with van der Waals surface area (Å²) in [7, 11) is 3.76. The molecule has 0 aromatic heterocycles. The highest BCUT2D eigenvalue weighted by atomic mass is 16.7. The van der Waals surface area contributed by atoms with Gasteiger partial charge in [0.05, 0.1) is 7.11 Å². The van der Waals surface area contributed by atoms with Crippen molar-refractivity contribution in [1.29, 1.82) is 0 Å². The zero-order valence-corrected chi connectivity index (χ0v) is 20.1. The summed E-state index contributed by atoms with van der Waals surface area (Å²) < 4.78 is 28.0. The maximum Gasteiger partial charge on any atom is 0.513 e. The number of nitrogens with zero attached hydrogens (tertiary/aromatic N) is 1. The number of hydrogen-bond acceptors (Lipinski definition) is 11. The third kappa shape index (κ3) is 3.30. The number of carbonyl (C=O) groups is 1. The average molecular weight is 506 g/mol. The fourth-order valence-electron chi connectivity index (χ4n) is 6.91. The Bertz CT molecular complexity index is 1090. The Kier molecular flexibility index (Phi) is 5.71. The van der Waals surface area contributed by atoms with E-state index in [0.29, 0.717) is 35.6 Å². The van der Waals surface area contributed by atoms with Crippen LogP contribution in [0.3, 0.4) is 0 Å². The maximum absolute atomic E-state index is 12.7. The van der Waals surface area contributed by atoms with E-state index in [4.69, 9.17) is 23.7 Å². The van der Waals surface area contributed by atoms with Crippen LogP contribution in [0.15, 0.2) is 24.0 Å². The van der Waals surface area contributed by atoms with Crippen LogP contribution in [0.5, 0.6) is 11.5 Å². The average Bonchev–Trinajstić information content (AvgIpc) is 3.22. The van der Waals surface area contributed by atoms with Gasteiger partial charge in [-0.15, -0.1) is 0 Å². The topological polar surface area (TPSA) is 147 Å². The molecule has 3 unspecified atom stereocenters. The second-order valence-electron chi connectivity index (χ2n) is 10.3. The highest BCUT2D eigenvalue weighted by molar-refractivity contribution is 5.65. The Morgan fingerprint density at radius 1 is 1.19 bits per heavy atom. The van der Waals surface area contributed by atoms with E-state index in [1.54, 1.807) is 7.11 Å². The van der Waals surface area contributed by atoms with Crippen molar-refractivity contribution in [1.82, 2.24) is 4.90 Å². The van der Waals surface area contributed by atoms with E-state index in [9.17, 15) is 25.2 Å². The number of aliphatic hydroxyl groups is 4. The van der Waals surface area contributed by atoms with E-state index in [1.807, 2.05) is 12.1 Å². The van der Waals surface area contributed by atoms with Crippen molar-refractivity contribution in [3.05, 3.63) is 35.1 Å². The van der Waals surface area contributed by atoms with E-state index in [2.05, 4.69) is 18.0 Å². The van der Waals surface area contributed by atoms with Gasteiger partial charge in [0, 0.05) is 17.0 Å². The molecule has 2 fully saturated rings. The van der Waals surface area contributed by atoms with Crippen molar-refractivity contribution in [2.24, 2.45) is 5.92 Å². The van der Waals surface area contributed by atoms with E-state index in [-0.39, 0.29) is 5.41 Å². The Morgan fingerprint density at radius 2 is 2.00 bits per heavy atom. The van der Waals surface area contributed by atoms with Crippen LogP contribution in [0.1, 0.15) is 24.0 Å². The number of aliphatic hydroxyl groups excluding tert-OH is 4. The minimum Gasteiger partial charge on any atom is -0.493 e. The van der Waals surface area contributed by atoms with Gasteiger partial charge in [0.2, 0.25) is 0 Å². The first kappa shape index (κ1) is 24.0. The molecule has 3 heterocycles. The summed E-state index contributed by atoms with van der Waals surface area (Å²) in [5.74, 6) is 2.02. The molecule has 9 atom stereocenters. The zero-order valence-electron chi connectivity index (χ0n) is 20.1. The number of methoxy groups -OCH3 is 1. The summed E-state index contributed by atoms with van der Waals surface area (Å²) in [4.78, 5) is 15.1. The molecule has 0 saturated carbocycles. The Balaban J connectivity index is 1.23. The Labute approximate surface area is 207 Å². The van der Waals surface area contributed by atoms with Gasteiger partial charge in [-0.3, -0.25) is 0 Å². The van der Waals surface area contributed by atoms with Gasteiger partial charge >= 0.3 is 6.16 Å². The van der Waals surface area contributed by atoms with Crippen molar-refractivity contribution >= 4 is 6.16 Å². The third-order valence-corrected chi connectivity index (χ3v) is 8.68. The second kappa shape index (κ2) is 8.57. The number of carbonyl (C=O) groups excluding carboxylic acids is 1. The standard InChI is InChI=1S/C25H31NO10/c1-26-8-7-25-12-4-6-15(35-24(31)33-10-16-18(27)19(28)20(29)23(30)34-16)22(25)36-21-14(32-2)5-3-11(17(21)25)9-13(12)26/h3,5-6,12-13,16,18-20,22-23,27-30H,4,7-10H2,1-2H3/t12?,13-,16-,18+,19+,20-,22?,23?,25+/m1/s1. The van der Waals surface area contributed by atoms with E-state index >= 15 is 0 Å². The molecule has 11 nitrogen and oxygen atoms in total. The lowest BCUT2D eigenvalue weighted by atomic mass is 9.53. The third-order valence-electron chi connectivity index (χ3n) is 8.68. The SMILES string of the molecule is COc1ccc2c3c1OC1C(OC(=O)OC[C@H]4OC(O)[C@H](O)[C@@H](O)[C@H]4O)=CCC4[C@@H](C2)N(C)CC[C@]314. The van der Waals surface area contributed by atoms with Crippen molar-refractivity contribution in [3.8, 4) is 11.5 Å². The first-order chi connectivity index (χ1) is 17.3. The van der Waals surface area contributed by atoms with Crippen molar-refractivity contribution in [2.75, 3.05) is 27.3 Å². The summed E-state index contributed by atoms with van der Waals surface area (Å²) in [6, 6.07) is 4.38. The van der Waals surface area contributed by atoms with Gasteiger partial charge < -0.3 is 49.0 Å². The van der Waals surface area contributed by atoms with Crippen LogP contribution in [0, 0.1) is 5.92 Å². The molecule has 1 aromatic rings. The molecule has 3 aliphatic heterocycles. The van der Waals surface area contributed by atoms with Crippen molar-refractivity contribution < 1.29 is 48.9 Å². The van der Waals surface area contributed by atoms with Gasteiger partial charge in [-0.2, -0.15) is 0 Å². The number of likely N-dealkylation sites (N-methyl/N-ethyl adjacent to an activating group) is 1. The number of allylic oxidation sites excluding steroid dienone is 1. The quantitative estimate of drug-likeness (QED) is 0.404. The van der Waals surface area contributed by atoms with Gasteiger partial charge in [-0.05, 0) is 56.5 Å².